The third kappa shape index (κ3) is 2.95. The van der Waals surface area contributed by atoms with E-state index in [4.69, 9.17) is 0 Å². The van der Waals surface area contributed by atoms with Gasteiger partial charge < -0.3 is 10.2 Å². The monoisotopic (exact) mass is 336 g/mol. The van der Waals surface area contributed by atoms with E-state index in [1.807, 2.05) is 5.38 Å². The first-order valence-corrected chi connectivity index (χ1v) is 8.61. The molecule has 3 rings (SSSR count). The molecule has 1 aromatic rings. The summed E-state index contributed by atoms with van der Waals surface area (Å²) in [6.45, 7) is 3.69. The number of amides is 4. The molecule has 0 radical (unpaired) electrons. The number of hydrogen-bond acceptors (Lipinski definition) is 5. The fourth-order valence-electron chi connectivity index (χ4n) is 3.07. The largest absolute Gasteiger partial charge is 0.332 e. The van der Waals surface area contributed by atoms with E-state index in [1.165, 1.54) is 11.3 Å². The molecule has 3 heterocycles. The summed E-state index contributed by atoms with van der Waals surface area (Å²) in [5, 5.41) is 5.40. The van der Waals surface area contributed by atoms with Gasteiger partial charge in [0, 0.05) is 18.1 Å². The molecule has 0 bridgehead atoms. The lowest BCUT2D eigenvalue weighted by Crippen LogP contribution is -2.46. The van der Waals surface area contributed by atoms with Gasteiger partial charge in [-0.2, -0.15) is 0 Å². The van der Waals surface area contributed by atoms with Gasteiger partial charge in [-0.3, -0.25) is 14.5 Å². The molecule has 1 atom stereocenters. The van der Waals surface area contributed by atoms with Crippen LogP contribution < -0.4 is 5.32 Å². The lowest BCUT2D eigenvalue weighted by atomic mass is 10.0. The zero-order chi connectivity index (χ0) is 16.6. The van der Waals surface area contributed by atoms with Gasteiger partial charge in [0.25, 0.3) is 5.91 Å². The number of nitrogens with zero attached hydrogens (tertiary/aromatic N) is 3. The van der Waals surface area contributed by atoms with Crippen molar-refractivity contribution in [2.45, 2.75) is 44.7 Å². The Bertz CT molecular complexity index is 629. The number of piperidine rings is 1. The molecule has 0 aliphatic carbocycles. The highest BCUT2D eigenvalue weighted by Gasteiger charge is 2.45. The number of imide groups is 1. The number of nitrogens with one attached hydrogen (secondary N) is 1. The summed E-state index contributed by atoms with van der Waals surface area (Å²) in [7, 11) is 0. The molecule has 2 aliphatic rings. The summed E-state index contributed by atoms with van der Waals surface area (Å²) in [6, 6.07) is -0.554. The molecule has 7 nitrogen and oxygen atoms in total. The Labute approximate surface area is 138 Å². The van der Waals surface area contributed by atoms with Crippen molar-refractivity contribution >= 4 is 29.2 Å². The Morgan fingerprint density at radius 2 is 2.22 bits per heavy atom. The molecular formula is C15H20N4O3S. The van der Waals surface area contributed by atoms with Crippen LogP contribution in [0, 0.1) is 0 Å². The average molecular weight is 336 g/mol. The Hall–Kier alpha value is -1.96. The standard InChI is InChI=1S/C15H20N4O3S/c1-15(2)13(21)19(14(22)17-15)9-11(20)18-7-4-3-5-10(18)12-16-6-8-23-12/h6,8,10H,3-5,7,9H2,1-2H3,(H,17,22)/t10-/m1/s1. The Kier molecular flexibility index (Phi) is 4.09. The number of carbonyl (C=O) groups is 3. The van der Waals surface area contributed by atoms with Crippen LogP contribution in [0.1, 0.15) is 44.2 Å². The van der Waals surface area contributed by atoms with Crippen molar-refractivity contribution in [3.05, 3.63) is 16.6 Å². The highest BCUT2D eigenvalue weighted by Crippen LogP contribution is 2.32. The van der Waals surface area contributed by atoms with E-state index in [1.54, 1.807) is 24.9 Å². The van der Waals surface area contributed by atoms with Crippen LogP contribution in [0.5, 0.6) is 0 Å². The summed E-state index contributed by atoms with van der Waals surface area (Å²) in [5.41, 5.74) is -0.950. The third-order valence-electron chi connectivity index (χ3n) is 4.30. The third-order valence-corrected chi connectivity index (χ3v) is 5.17. The predicted molar refractivity (Wildman–Crippen MR) is 84.7 cm³/mol. The Morgan fingerprint density at radius 3 is 2.83 bits per heavy atom. The normalized spacial score (nSPS) is 24.0. The highest BCUT2D eigenvalue weighted by molar-refractivity contribution is 7.09. The fraction of sp³-hybridized carbons (Fsp3) is 0.600. The number of aromatic nitrogens is 1. The SMILES string of the molecule is CC1(C)NC(=O)N(CC(=O)N2CCCC[C@@H]2c2nccs2)C1=O. The van der Waals surface area contributed by atoms with Crippen molar-refractivity contribution in [1.29, 1.82) is 0 Å². The maximum absolute atomic E-state index is 12.7. The van der Waals surface area contributed by atoms with Crippen molar-refractivity contribution < 1.29 is 14.4 Å². The molecule has 1 N–H and O–H groups in total. The molecule has 1 aromatic heterocycles. The number of urea groups is 1. The number of carbonyl (C=O) groups excluding carboxylic acids is 3. The summed E-state index contributed by atoms with van der Waals surface area (Å²) >= 11 is 1.53. The first-order valence-electron chi connectivity index (χ1n) is 7.73. The molecule has 124 valence electrons. The van der Waals surface area contributed by atoms with Crippen molar-refractivity contribution in [3.63, 3.8) is 0 Å². The molecule has 8 heteroatoms. The van der Waals surface area contributed by atoms with Gasteiger partial charge in [0.1, 0.15) is 17.1 Å². The zero-order valence-electron chi connectivity index (χ0n) is 13.2. The van der Waals surface area contributed by atoms with Crippen molar-refractivity contribution in [1.82, 2.24) is 20.1 Å². The van der Waals surface area contributed by atoms with Crippen LogP contribution in [-0.4, -0.2) is 51.3 Å². The molecule has 2 aliphatic heterocycles. The average Bonchev–Trinajstić information content (AvgIpc) is 3.10. The lowest BCUT2D eigenvalue weighted by Gasteiger charge is -2.35. The summed E-state index contributed by atoms with van der Waals surface area (Å²) in [5.74, 6) is -0.565. The molecule has 0 saturated carbocycles. The smallest absolute Gasteiger partial charge is 0.325 e. The minimum Gasteiger partial charge on any atom is -0.332 e. The van der Waals surface area contributed by atoms with Gasteiger partial charge >= 0.3 is 6.03 Å². The predicted octanol–water partition coefficient (Wildman–Crippen LogP) is 1.53. The maximum Gasteiger partial charge on any atom is 0.325 e. The van der Waals surface area contributed by atoms with Gasteiger partial charge in [-0.05, 0) is 33.1 Å². The minimum atomic E-state index is -0.950. The molecule has 0 aromatic carbocycles. The number of thiazole rings is 1. The number of likely N-dealkylation sites (tertiary alicyclic amines) is 1. The molecule has 0 spiro atoms. The van der Waals surface area contributed by atoms with Crippen LogP contribution in [0.3, 0.4) is 0 Å². The van der Waals surface area contributed by atoms with Gasteiger partial charge in [0.05, 0.1) is 6.04 Å². The second kappa shape index (κ2) is 5.92. The van der Waals surface area contributed by atoms with Crippen molar-refractivity contribution in [3.8, 4) is 0 Å². The molecule has 4 amide bonds. The van der Waals surface area contributed by atoms with Crippen LogP contribution in [0.25, 0.3) is 0 Å². The Balaban J connectivity index is 1.74. The summed E-state index contributed by atoms with van der Waals surface area (Å²) in [6.07, 6.45) is 4.57. The van der Waals surface area contributed by atoms with Gasteiger partial charge in [-0.15, -0.1) is 11.3 Å². The van der Waals surface area contributed by atoms with Crippen molar-refractivity contribution in [2.75, 3.05) is 13.1 Å². The van der Waals surface area contributed by atoms with E-state index < -0.39 is 11.6 Å². The second-order valence-electron chi connectivity index (χ2n) is 6.42. The van der Waals surface area contributed by atoms with Gasteiger partial charge in [0.2, 0.25) is 5.91 Å². The van der Waals surface area contributed by atoms with E-state index in [0.717, 1.165) is 29.2 Å². The van der Waals surface area contributed by atoms with Gasteiger partial charge in [0.15, 0.2) is 0 Å². The van der Waals surface area contributed by atoms with Gasteiger partial charge in [-0.25, -0.2) is 9.78 Å². The van der Waals surface area contributed by atoms with Crippen molar-refractivity contribution in [2.24, 2.45) is 0 Å². The van der Waals surface area contributed by atoms with E-state index >= 15 is 0 Å². The van der Waals surface area contributed by atoms with E-state index in [-0.39, 0.29) is 24.4 Å². The molecule has 2 fully saturated rings. The maximum atomic E-state index is 12.7. The van der Waals surface area contributed by atoms with Gasteiger partial charge in [-0.1, -0.05) is 0 Å². The topological polar surface area (TPSA) is 82.6 Å². The van der Waals surface area contributed by atoms with Crippen LogP contribution in [0.2, 0.25) is 0 Å². The van der Waals surface area contributed by atoms with E-state index in [2.05, 4.69) is 10.3 Å². The number of rotatable bonds is 3. The lowest BCUT2D eigenvalue weighted by molar-refractivity contribution is -0.140. The van der Waals surface area contributed by atoms with E-state index in [0.29, 0.717) is 6.54 Å². The minimum absolute atomic E-state index is 0.0509. The Morgan fingerprint density at radius 1 is 1.43 bits per heavy atom. The quantitative estimate of drug-likeness (QED) is 0.849. The second-order valence-corrected chi connectivity index (χ2v) is 7.34. The molecule has 2 saturated heterocycles. The van der Waals surface area contributed by atoms with Crippen LogP contribution in [-0.2, 0) is 9.59 Å². The van der Waals surface area contributed by atoms with Crippen LogP contribution in [0.15, 0.2) is 11.6 Å². The fourth-order valence-corrected chi connectivity index (χ4v) is 3.86. The zero-order valence-corrected chi connectivity index (χ0v) is 14.1. The number of hydrogen-bond donors (Lipinski definition) is 1. The van der Waals surface area contributed by atoms with Crippen LogP contribution in [0.4, 0.5) is 4.79 Å². The summed E-state index contributed by atoms with van der Waals surface area (Å²) < 4.78 is 0. The molecule has 0 unspecified atom stereocenters. The first-order chi connectivity index (χ1) is 10.9. The first kappa shape index (κ1) is 15.9. The molecule has 23 heavy (non-hydrogen) atoms. The summed E-state index contributed by atoms with van der Waals surface area (Å²) in [4.78, 5) is 44.0. The van der Waals surface area contributed by atoms with Crippen LogP contribution >= 0.6 is 11.3 Å². The van der Waals surface area contributed by atoms with E-state index in [9.17, 15) is 14.4 Å². The molecular weight excluding hydrogens is 316 g/mol. The highest BCUT2D eigenvalue weighted by atomic mass is 32.1.